The molecule has 0 fully saturated rings. The van der Waals surface area contributed by atoms with E-state index in [1.165, 1.54) is 19.3 Å². The highest BCUT2D eigenvalue weighted by Gasteiger charge is 2.27. The van der Waals surface area contributed by atoms with E-state index in [0.29, 0.717) is 17.5 Å². The van der Waals surface area contributed by atoms with Gasteiger partial charge in [-0.3, -0.25) is 0 Å². The van der Waals surface area contributed by atoms with Crippen molar-refractivity contribution >= 4 is 27.6 Å². The van der Waals surface area contributed by atoms with Crippen LogP contribution in [0.5, 0.6) is 0 Å². The van der Waals surface area contributed by atoms with E-state index < -0.39 is 27.4 Å². The van der Waals surface area contributed by atoms with Crippen molar-refractivity contribution in [2.45, 2.75) is 43.5 Å². The Morgan fingerprint density at radius 2 is 1.72 bits per heavy atom. The number of benzene rings is 2. The fourth-order valence-electron chi connectivity index (χ4n) is 3.31. The Kier molecular flexibility index (Phi) is 8.02. The standard InChI is InChI=1S/C22H26ClNO4S/c1-15-12-16(2)22(17(3)13-15)29(26,27)24-20(14-18-8-6-5-7-9-18)19(23)10-11-21(25)28-4/h5-13,19-20,24H,14H2,1-4H3/b11-10+/t19-,20-/m0/s1. The fourth-order valence-corrected chi connectivity index (χ4v) is 5.32. The topological polar surface area (TPSA) is 72.5 Å². The number of methoxy groups -OCH3 is 1. The minimum Gasteiger partial charge on any atom is -0.466 e. The molecule has 0 radical (unpaired) electrons. The second-order valence-electron chi connectivity index (χ2n) is 6.97. The van der Waals surface area contributed by atoms with Crippen LogP contribution >= 0.6 is 11.6 Å². The molecule has 0 aromatic heterocycles. The molecule has 0 saturated heterocycles. The maximum absolute atomic E-state index is 13.2. The van der Waals surface area contributed by atoms with Gasteiger partial charge in [0.2, 0.25) is 10.0 Å². The van der Waals surface area contributed by atoms with E-state index in [-0.39, 0.29) is 4.90 Å². The van der Waals surface area contributed by atoms with Crippen LogP contribution in [0.3, 0.4) is 0 Å². The van der Waals surface area contributed by atoms with Crippen LogP contribution in [0.2, 0.25) is 0 Å². The lowest BCUT2D eigenvalue weighted by atomic mass is 10.0. The summed E-state index contributed by atoms with van der Waals surface area (Å²) in [6, 6.07) is 12.5. The van der Waals surface area contributed by atoms with Crippen molar-refractivity contribution in [3.05, 3.63) is 76.9 Å². The molecule has 0 saturated carbocycles. The predicted octanol–water partition coefficient (Wildman–Crippen LogP) is 3.84. The SMILES string of the molecule is COC(=O)/C=C/[C@H](Cl)[C@H](Cc1ccccc1)NS(=O)(=O)c1c(C)cc(C)cc1C. The number of hydrogen-bond donors (Lipinski definition) is 1. The van der Waals surface area contributed by atoms with Gasteiger partial charge in [0.1, 0.15) is 0 Å². The monoisotopic (exact) mass is 435 g/mol. The summed E-state index contributed by atoms with van der Waals surface area (Å²) in [5, 5.41) is -0.754. The molecule has 2 aromatic rings. The van der Waals surface area contributed by atoms with Crippen LogP contribution in [0.15, 0.2) is 59.5 Å². The van der Waals surface area contributed by atoms with Gasteiger partial charge in [-0.25, -0.2) is 17.9 Å². The summed E-state index contributed by atoms with van der Waals surface area (Å²) in [4.78, 5) is 11.7. The van der Waals surface area contributed by atoms with E-state index in [1.54, 1.807) is 13.8 Å². The van der Waals surface area contributed by atoms with E-state index in [9.17, 15) is 13.2 Å². The number of carbonyl (C=O) groups is 1. The van der Waals surface area contributed by atoms with Crippen LogP contribution in [-0.4, -0.2) is 32.9 Å². The lowest BCUT2D eigenvalue weighted by Crippen LogP contribution is -2.42. The summed E-state index contributed by atoms with van der Waals surface area (Å²) in [5.41, 5.74) is 3.26. The van der Waals surface area contributed by atoms with Crippen molar-refractivity contribution in [2.75, 3.05) is 7.11 Å². The van der Waals surface area contributed by atoms with Crippen LogP contribution in [0.25, 0.3) is 0 Å². The molecule has 0 aliphatic heterocycles. The van der Waals surface area contributed by atoms with Crippen LogP contribution in [0, 0.1) is 20.8 Å². The third-order valence-electron chi connectivity index (χ3n) is 4.48. The Morgan fingerprint density at radius 1 is 1.14 bits per heavy atom. The zero-order valence-corrected chi connectivity index (χ0v) is 18.5. The molecule has 2 atom stereocenters. The molecule has 0 amide bonds. The van der Waals surface area contributed by atoms with Gasteiger partial charge in [0.15, 0.2) is 0 Å². The van der Waals surface area contributed by atoms with Crippen LogP contribution < -0.4 is 4.72 Å². The number of ether oxygens (including phenoxy) is 1. The van der Waals surface area contributed by atoms with Crippen molar-refractivity contribution in [1.29, 1.82) is 0 Å². The molecule has 29 heavy (non-hydrogen) atoms. The lowest BCUT2D eigenvalue weighted by molar-refractivity contribution is -0.134. The van der Waals surface area contributed by atoms with Crippen molar-refractivity contribution in [3.63, 3.8) is 0 Å². The lowest BCUT2D eigenvalue weighted by Gasteiger charge is -2.23. The van der Waals surface area contributed by atoms with Crippen molar-refractivity contribution in [1.82, 2.24) is 4.72 Å². The highest BCUT2D eigenvalue weighted by molar-refractivity contribution is 7.89. The Bertz CT molecular complexity index is 964. The maximum atomic E-state index is 13.2. The molecule has 1 N–H and O–H groups in total. The molecule has 0 heterocycles. The highest BCUT2D eigenvalue weighted by Crippen LogP contribution is 2.23. The van der Waals surface area contributed by atoms with Gasteiger partial charge in [0.05, 0.1) is 17.4 Å². The number of esters is 1. The first-order valence-electron chi connectivity index (χ1n) is 9.18. The summed E-state index contributed by atoms with van der Waals surface area (Å²) in [5.74, 6) is -0.554. The number of hydrogen-bond acceptors (Lipinski definition) is 4. The number of alkyl halides is 1. The van der Waals surface area contributed by atoms with Crippen molar-refractivity contribution in [3.8, 4) is 0 Å². The predicted molar refractivity (Wildman–Crippen MR) is 116 cm³/mol. The molecule has 7 heteroatoms. The molecule has 0 unspecified atom stereocenters. The zero-order chi connectivity index (χ0) is 21.6. The zero-order valence-electron chi connectivity index (χ0n) is 17.0. The summed E-state index contributed by atoms with van der Waals surface area (Å²) in [6.07, 6.45) is 3.01. The molecule has 0 aliphatic rings. The number of aryl methyl sites for hydroxylation is 3. The van der Waals surface area contributed by atoms with Gasteiger partial charge in [-0.05, 0) is 43.9 Å². The quantitative estimate of drug-likeness (QED) is 0.388. The van der Waals surface area contributed by atoms with E-state index in [2.05, 4.69) is 9.46 Å². The Morgan fingerprint density at radius 3 is 2.28 bits per heavy atom. The third kappa shape index (κ3) is 6.42. The number of sulfonamides is 1. The number of carbonyl (C=O) groups excluding carboxylic acids is 1. The van der Waals surface area contributed by atoms with Crippen molar-refractivity contribution < 1.29 is 17.9 Å². The average molecular weight is 436 g/mol. The van der Waals surface area contributed by atoms with Gasteiger partial charge in [-0.1, -0.05) is 54.1 Å². The Labute approximate surface area is 177 Å². The molecule has 0 spiro atoms. The van der Waals surface area contributed by atoms with Crippen LogP contribution in [0.4, 0.5) is 0 Å². The summed E-state index contributed by atoms with van der Waals surface area (Å²) < 4.78 is 33.7. The first kappa shape index (κ1) is 23.1. The molecule has 0 bridgehead atoms. The normalized spacial score (nSPS) is 14.0. The molecular weight excluding hydrogens is 410 g/mol. The summed E-state index contributed by atoms with van der Waals surface area (Å²) >= 11 is 6.47. The Balaban J connectivity index is 2.38. The van der Waals surface area contributed by atoms with Gasteiger partial charge in [-0.2, -0.15) is 0 Å². The van der Waals surface area contributed by atoms with E-state index in [4.69, 9.17) is 11.6 Å². The minimum atomic E-state index is -3.83. The first-order chi connectivity index (χ1) is 13.6. The van der Waals surface area contributed by atoms with Gasteiger partial charge in [-0.15, -0.1) is 11.6 Å². The average Bonchev–Trinajstić information content (AvgIpc) is 2.64. The summed E-state index contributed by atoms with van der Waals surface area (Å²) in [6.45, 7) is 5.47. The Hall–Kier alpha value is -2.15. The van der Waals surface area contributed by atoms with Gasteiger partial charge in [0, 0.05) is 12.1 Å². The molecule has 5 nitrogen and oxygen atoms in total. The first-order valence-corrected chi connectivity index (χ1v) is 11.1. The molecule has 0 aliphatic carbocycles. The molecule has 156 valence electrons. The largest absolute Gasteiger partial charge is 0.466 e. The number of rotatable bonds is 8. The second-order valence-corrected chi connectivity index (χ2v) is 9.13. The van der Waals surface area contributed by atoms with Crippen molar-refractivity contribution in [2.24, 2.45) is 0 Å². The van der Waals surface area contributed by atoms with Gasteiger partial charge >= 0.3 is 5.97 Å². The van der Waals surface area contributed by atoms with E-state index >= 15 is 0 Å². The van der Waals surface area contributed by atoms with E-state index in [0.717, 1.165) is 11.1 Å². The summed E-state index contributed by atoms with van der Waals surface area (Å²) in [7, 11) is -2.56. The minimum absolute atomic E-state index is 0.252. The maximum Gasteiger partial charge on any atom is 0.330 e. The molecule has 2 aromatic carbocycles. The molecule has 2 rings (SSSR count). The third-order valence-corrected chi connectivity index (χ3v) is 6.72. The smallest absolute Gasteiger partial charge is 0.330 e. The van der Waals surface area contributed by atoms with Gasteiger partial charge in [0.25, 0.3) is 0 Å². The fraction of sp³-hybridized carbons (Fsp3) is 0.318. The second kappa shape index (κ2) is 10.1. The highest BCUT2D eigenvalue weighted by atomic mass is 35.5. The number of nitrogens with one attached hydrogen (secondary N) is 1. The van der Waals surface area contributed by atoms with Crippen LogP contribution in [-0.2, 0) is 26.0 Å². The molecular formula is C22H26ClNO4S. The van der Waals surface area contributed by atoms with E-state index in [1.807, 2.05) is 49.4 Å². The van der Waals surface area contributed by atoms with Crippen LogP contribution in [0.1, 0.15) is 22.3 Å². The van der Waals surface area contributed by atoms with Gasteiger partial charge < -0.3 is 4.74 Å². The number of halogens is 1.